The largest absolute Gasteiger partial charge is 0.309 e. The van der Waals surface area contributed by atoms with Crippen LogP contribution in [0.3, 0.4) is 0 Å². The van der Waals surface area contributed by atoms with Crippen molar-refractivity contribution < 1.29 is 0 Å². The molecule has 3 heterocycles. The Morgan fingerprint density at radius 2 is 0.768 bits per heavy atom. The van der Waals surface area contributed by atoms with Gasteiger partial charge in [-0.1, -0.05) is 146 Å². The summed E-state index contributed by atoms with van der Waals surface area (Å²) in [6.45, 7) is 0. The second-order valence-corrected chi connectivity index (χ2v) is 14.9. The highest BCUT2D eigenvalue weighted by molar-refractivity contribution is 6.18. The minimum absolute atomic E-state index is 1.15. The molecule has 0 saturated carbocycles. The fourth-order valence-corrected chi connectivity index (χ4v) is 9.31. The van der Waals surface area contributed by atoms with Crippen molar-refractivity contribution in [2.75, 3.05) is 0 Å². The summed E-state index contributed by atoms with van der Waals surface area (Å²) in [5, 5.41) is 5.05. The molecule has 0 spiro atoms. The van der Waals surface area contributed by atoms with Crippen molar-refractivity contribution in [2.45, 2.75) is 0 Å². The van der Waals surface area contributed by atoms with Gasteiger partial charge in [0.25, 0.3) is 0 Å². The van der Waals surface area contributed by atoms with Crippen LogP contribution in [0.4, 0.5) is 0 Å². The third kappa shape index (κ3) is 4.57. The standard InChI is InChI=1S/C54H34N2/c1-2-13-35(14-3-1)37-15-12-16-38(31-37)36-25-28-41(29-26-36)55-50-22-9-7-20-45(50)47-32-39(27-30-53(47)55)40-33-48-43-18-5-4-17-42(43)44-19-6-10-23-51(44)56-52-24-11-8-21-46(52)49(34-40)54(48)56/h1-34H. The van der Waals surface area contributed by atoms with Crippen LogP contribution in [0.15, 0.2) is 206 Å². The molecule has 2 heteroatoms. The number of fused-ring (bicyclic) bond motifs is 11. The SMILES string of the molecule is c1ccc(-c2cccc(-c3ccc(-n4c5ccccc5c5cc(-c6cc7c8c(c6)c6ccccc6n8-c6ccccc6-c6ccccc6-7)ccc54)cc3)c2)cc1. The van der Waals surface area contributed by atoms with Crippen molar-refractivity contribution in [1.29, 1.82) is 0 Å². The van der Waals surface area contributed by atoms with Crippen LogP contribution in [0.2, 0.25) is 0 Å². The van der Waals surface area contributed by atoms with E-state index in [1.165, 1.54) is 105 Å². The van der Waals surface area contributed by atoms with Gasteiger partial charge in [-0.25, -0.2) is 0 Å². The van der Waals surface area contributed by atoms with E-state index in [0.29, 0.717) is 0 Å². The lowest BCUT2D eigenvalue weighted by Crippen LogP contribution is -1.95. The molecule has 12 rings (SSSR count). The Hall–Kier alpha value is -7.42. The van der Waals surface area contributed by atoms with E-state index < -0.39 is 0 Å². The smallest absolute Gasteiger partial charge is 0.0620 e. The maximum absolute atomic E-state index is 2.49. The number of aromatic nitrogens is 2. The summed E-state index contributed by atoms with van der Waals surface area (Å²) in [4.78, 5) is 0. The maximum Gasteiger partial charge on any atom is 0.0620 e. The van der Waals surface area contributed by atoms with Gasteiger partial charge >= 0.3 is 0 Å². The zero-order valence-corrected chi connectivity index (χ0v) is 30.5. The van der Waals surface area contributed by atoms with Gasteiger partial charge in [0.15, 0.2) is 0 Å². The molecule has 1 aliphatic heterocycles. The van der Waals surface area contributed by atoms with E-state index in [2.05, 4.69) is 215 Å². The van der Waals surface area contributed by atoms with Gasteiger partial charge < -0.3 is 9.13 Å². The molecular weight excluding hydrogens is 677 g/mol. The van der Waals surface area contributed by atoms with Crippen molar-refractivity contribution in [1.82, 2.24) is 9.13 Å². The lowest BCUT2D eigenvalue weighted by atomic mass is 9.91. The highest BCUT2D eigenvalue weighted by atomic mass is 15.0. The summed E-state index contributed by atoms with van der Waals surface area (Å²) in [6, 6.07) is 75.8. The first-order valence-corrected chi connectivity index (χ1v) is 19.3. The third-order valence-corrected chi connectivity index (χ3v) is 11.9. The molecule has 11 aromatic rings. The van der Waals surface area contributed by atoms with Gasteiger partial charge in [-0.15, -0.1) is 0 Å². The number of nitrogens with zero attached hydrogens (tertiary/aromatic N) is 2. The van der Waals surface area contributed by atoms with Crippen LogP contribution >= 0.6 is 0 Å². The first-order valence-electron chi connectivity index (χ1n) is 19.3. The highest BCUT2D eigenvalue weighted by Gasteiger charge is 2.25. The van der Waals surface area contributed by atoms with E-state index in [9.17, 15) is 0 Å². The number of benzene rings is 9. The van der Waals surface area contributed by atoms with Gasteiger partial charge in [-0.05, 0) is 105 Å². The van der Waals surface area contributed by atoms with E-state index >= 15 is 0 Å². The molecule has 0 fully saturated rings. The van der Waals surface area contributed by atoms with E-state index in [4.69, 9.17) is 0 Å². The summed E-state index contributed by atoms with van der Waals surface area (Å²) in [5.41, 5.74) is 19.6. The van der Waals surface area contributed by atoms with Crippen LogP contribution in [0.5, 0.6) is 0 Å². The molecule has 56 heavy (non-hydrogen) atoms. The highest BCUT2D eigenvalue weighted by Crippen LogP contribution is 2.48. The number of hydrogen-bond acceptors (Lipinski definition) is 0. The molecular formula is C54H34N2. The summed E-state index contributed by atoms with van der Waals surface area (Å²) >= 11 is 0. The minimum Gasteiger partial charge on any atom is -0.309 e. The first kappa shape index (κ1) is 31.0. The van der Waals surface area contributed by atoms with Crippen molar-refractivity contribution in [3.05, 3.63) is 206 Å². The third-order valence-electron chi connectivity index (χ3n) is 11.9. The maximum atomic E-state index is 2.49. The molecule has 9 aromatic carbocycles. The van der Waals surface area contributed by atoms with E-state index in [1.807, 2.05) is 0 Å². The lowest BCUT2D eigenvalue weighted by molar-refractivity contribution is 1.18. The number of para-hydroxylation sites is 3. The Morgan fingerprint density at radius 3 is 1.54 bits per heavy atom. The van der Waals surface area contributed by atoms with Gasteiger partial charge in [0.05, 0.1) is 27.8 Å². The summed E-state index contributed by atoms with van der Waals surface area (Å²) in [5.74, 6) is 0. The molecule has 0 radical (unpaired) electrons. The fraction of sp³-hybridized carbons (Fsp3) is 0. The Morgan fingerprint density at radius 1 is 0.250 bits per heavy atom. The van der Waals surface area contributed by atoms with Gasteiger partial charge in [0, 0.05) is 38.4 Å². The van der Waals surface area contributed by atoms with Crippen LogP contribution in [0, 0.1) is 0 Å². The van der Waals surface area contributed by atoms with Gasteiger partial charge in [-0.2, -0.15) is 0 Å². The van der Waals surface area contributed by atoms with Crippen LogP contribution in [0.25, 0.3) is 111 Å². The van der Waals surface area contributed by atoms with E-state index in [0.717, 1.165) is 5.69 Å². The Balaban J connectivity index is 1.02. The van der Waals surface area contributed by atoms with Crippen LogP contribution < -0.4 is 0 Å². The fourth-order valence-electron chi connectivity index (χ4n) is 9.31. The van der Waals surface area contributed by atoms with Gasteiger partial charge in [-0.3, -0.25) is 0 Å². The molecule has 0 bridgehead atoms. The van der Waals surface area contributed by atoms with Crippen LogP contribution in [-0.2, 0) is 0 Å². The molecule has 0 amide bonds. The zero-order valence-electron chi connectivity index (χ0n) is 30.5. The summed E-state index contributed by atoms with van der Waals surface area (Å²) < 4.78 is 4.90. The number of rotatable bonds is 4. The van der Waals surface area contributed by atoms with E-state index in [-0.39, 0.29) is 0 Å². The molecule has 2 aromatic heterocycles. The van der Waals surface area contributed by atoms with Crippen LogP contribution in [-0.4, -0.2) is 9.13 Å². The van der Waals surface area contributed by atoms with Crippen molar-refractivity contribution in [3.63, 3.8) is 0 Å². The normalized spacial score (nSPS) is 11.9. The molecule has 0 aliphatic carbocycles. The van der Waals surface area contributed by atoms with Crippen molar-refractivity contribution >= 4 is 43.6 Å². The molecule has 0 atom stereocenters. The van der Waals surface area contributed by atoms with Crippen molar-refractivity contribution in [2.24, 2.45) is 0 Å². The topological polar surface area (TPSA) is 9.86 Å². The molecule has 2 nitrogen and oxygen atoms in total. The second-order valence-electron chi connectivity index (χ2n) is 14.9. The Bertz CT molecular complexity index is 3340. The van der Waals surface area contributed by atoms with Crippen molar-refractivity contribution in [3.8, 4) is 67.0 Å². The Labute approximate surface area is 324 Å². The number of hydrogen-bond donors (Lipinski definition) is 0. The molecule has 0 saturated heterocycles. The average molecular weight is 711 g/mol. The Kier molecular flexibility index (Phi) is 6.66. The molecule has 260 valence electrons. The minimum atomic E-state index is 1.15. The summed E-state index contributed by atoms with van der Waals surface area (Å²) in [7, 11) is 0. The predicted molar refractivity (Wildman–Crippen MR) is 236 cm³/mol. The second kappa shape index (κ2) is 12.0. The first-order chi connectivity index (χ1) is 27.8. The lowest BCUT2D eigenvalue weighted by Gasteiger charge is -2.12. The summed E-state index contributed by atoms with van der Waals surface area (Å²) in [6.07, 6.45) is 0. The molecule has 1 aliphatic rings. The van der Waals surface area contributed by atoms with E-state index in [1.54, 1.807) is 0 Å². The monoisotopic (exact) mass is 710 g/mol. The zero-order chi connectivity index (χ0) is 36.7. The average Bonchev–Trinajstić information content (AvgIpc) is 3.75. The molecule has 0 unspecified atom stereocenters. The molecule has 0 N–H and O–H groups in total. The quantitative estimate of drug-likeness (QED) is 0.172. The predicted octanol–water partition coefficient (Wildman–Crippen LogP) is 14.5. The van der Waals surface area contributed by atoms with Gasteiger partial charge in [0.2, 0.25) is 0 Å². The van der Waals surface area contributed by atoms with Crippen LogP contribution in [0.1, 0.15) is 0 Å². The van der Waals surface area contributed by atoms with Gasteiger partial charge in [0.1, 0.15) is 0 Å².